The van der Waals surface area contributed by atoms with Crippen LogP contribution in [0.5, 0.6) is 5.75 Å². The van der Waals surface area contributed by atoms with E-state index in [4.69, 9.17) is 0 Å². The summed E-state index contributed by atoms with van der Waals surface area (Å²) in [5, 5.41) is 16.1. The Kier molecular flexibility index (Phi) is 5.19. The molecule has 7 nitrogen and oxygen atoms in total. The minimum Gasteiger partial charge on any atom is -0.508 e. The van der Waals surface area contributed by atoms with Crippen LogP contribution in [0, 0.1) is 18.8 Å². The van der Waals surface area contributed by atoms with Crippen molar-refractivity contribution in [3.63, 3.8) is 0 Å². The highest BCUT2D eigenvalue weighted by Crippen LogP contribution is 2.53. The Bertz CT molecular complexity index is 1370. The van der Waals surface area contributed by atoms with Gasteiger partial charge in [0.25, 0.3) is 0 Å². The summed E-state index contributed by atoms with van der Waals surface area (Å²) in [5.41, 5.74) is 3.02. The van der Waals surface area contributed by atoms with Gasteiger partial charge in [-0.1, -0.05) is 60.2 Å². The van der Waals surface area contributed by atoms with Gasteiger partial charge in [0.05, 0.1) is 11.8 Å². The largest absolute Gasteiger partial charge is 0.508 e. The molecule has 7 heteroatoms. The fourth-order valence-electron chi connectivity index (χ4n) is 6.14. The number of hydrogen-bond donors (Lipinski definition) is 3. The number of likely N-dealkylation sites (tertiary alicyclic amines) is 1. The molecule has 3 N–H and O–H groups in total. The number of anilines is 1. The van der Waals surface area contributed by atoms with Crippen LogP contribution >= 0.6 is 0 Å². The molecule has 0 aliphatic carbocycles. The van der Waals surface area contributed by atoms with Crippen molar-refractivity contribution in [2.24, 2.45) is 11.8 Å². The molecule has 3 aliphatic heterocycles. The first kappa shape index (κ1) is 22.5. The summed E-state index contributed by atoms with van der Waals surface area (Å²) in [6, 6.07) is 21.9. The van der Waals surface area contributed by atoms with E-state index in [9.17, 15) is 19.5 Å². The third-order valence-corrected chi connectivity index (χ3v) is 7.82. The molecule has 4 unspecified atom stereocenters. The van der Waals surface area contributed by atoms with Crippen LogP contribution in [0.25, 0.3) is 0 Å². The number of rotatable bonds is 5. The number of aryl methyl sites for hydroxylation is 1. The van der Waals surface area contributed by atoms with Gasteiger partial charge in [-0.3, -0.25) is 24.6 Å². The molecule has 2 fully saturated rings. The van der Waals surface area contributed by atoms with E-state index >= 15 is 0 Å². The predicted molar refractivity (Wildman–Crippen MR) is 134 cm³/mol. The van der Waals surface area contributed by atoms with Crippen LogP contribution in [-0.2, 0) is 32.8 Å². The summed E-state index contributed by atoms with van der Waals surface area (Å²) in [6.07, 6.45) is 1.01. The minimum absolute atomic E-state index is 0.159. The molecule has 3 heterocycles. The molecule has 0 aromatic heterocycles. The lowest BCUT2D eigenvalue weighted by Crippen LogP contribution is -2.53. The highest BCUT2D eigenvalue weighted by Gasteiger charge is 2.70. The molecule has 182 valence electrons. The maximum atomic E-state index is 13.9. The fourth-order valence-corrected chi connectivity index (χ4v) is 6.14. The van der Waals surface area contributed by atoms with Crippen molar-refractivity contribution >= 4 is 23.4 Å². The quantitative estimate of drug-likeness (QED) is 0.487. The molecule has 0 saturated carbocycles. The molecule has 3 aliphatic rings. The van der Waals surface area contributed by atoms with Crippen LogP contribution in [0.1, 0.15) is 22.3 Å². The Labute approximate surface area is 209 Å². The molecule has 6 rings (SSSR count). The molecule has 3 aromatic carbocycles. The third-order valence-electron chi connectivity index (χ3n) is 7.82. The Morgan fingerprint density at radius 1 is 0.917 bits per heavy atom. The van der Waals surface area contributed by atoms with Crippen molar-refractivity contribution in [1.29, 1.82) is 0 Å². The molecule has 2 saturated heterocycles. The second-order valence-corrected chi connectivity index (χ2v) is 10.00. The molecule has 4 atom stereocenters. The first-order valence-corrected chi connectivity index (χ1v) is 12.3. The van der Waals surface area contributed by atoms with Crippen LogP contribution < -0.4 is 10.6 Å². The van der Waals surface area contributed by atoms with E-state index in [-0.39, 0.29) is 30.0 Å². The van der Waals surface area contributed by atoms with E-state index in [1.54, 1.807) is 24.3 Å². The van der Waals surface area contributed by atoms with Crippen LogP contribution in [-0.4, -0.2) is 40.3 Å². The minimum atomic E-state index is -1.30. The van der Waals surface area contributed by atoms with Gasteiger partial charge in [0.15, 0.2) is 0 Å². The number of hydrogen-bond acceptors (Lipinski definition) is 5. The van der Waals surface area contributed by atoms with E-state index < -0.39 is 23.4 Å². The molecular weight excluding hydrogens is 454 g/mol. The fraction of sp³-hybridized carbons (Fsp3) is 0.276. The Morgan fingerprint density at radius 3 is 2.42 bits per heavy atom. The number of carbonyl (C=O) groups is 3. The average Bonchev–Trinajstić information content (AvgIpc) is 3.44. The van der Waals surface area contributed by atoms with Crippen LogP contribution in [0.15, 0.2) is 72.8 Å². The zero-order valence-corrected chi connectivity index (χ0v) is 19.9. The zero-order valence-electron chi connectivity index (χ0n) is 19.9. The number of nitrogens with zero attached hydrogens (tertiary/aromatic N) is 1. The van der Waals surface area contributed by atoms with Crippen LogP contribution in [0.3, 0.4) is 0 Å². The normalized spacial score (nSPS) is 26.4. The Balaban J connectivity index is 1.40. The third kappa shape index (κ3) is 3.34. The van der Waals surface area contributed by atoms with Gasteiger partial charge in [-0.25, -0.2) is 0 Å². The summed E-state index contributed by atoms with van der Waals surface area (Å²) in [7, 11) is 0. The number of carbonyl (C=O) groups excluding carboxylic acids is 3. The maximum absolute atomic E-state index is 13.9. The lowest BCUT2D eigenvalue weighted by molar-refractivity contribution is -0.142. The van der Waals surface area contributed by atoms with Gasteiger partial charge in [0, 0.05) is 23.8 Å². The highest BCUT2D eigenvalue weighted by atomic mass is 16.3. The Morgan fingerprint density at radius 2 is 1.67 bits per heavy atom. The van der Waals surface area contributed by atoms with Crippen molar-refractivity contribution in [3.05, 3.63) is 95.1 Å². The number of phenols is 1. The number of nitrogens with one attached hydrogen (secondary N) is 2. The second-order valence-electron chi connectivity index (χ2n) is 10.00. The number of fused-ring (bicyclic) bond motifs is 4. The standard InChI is InChI=1S/C29H27N3O4/c1-17-7-12-22-21(15-17)29(28(36)30-22)25-24(23(31-29)16-19-8-10-20(33)11-9-19)26(34)32(27(25)35)14-13-18-5-3-2-4-6-18/h2-12,15,23-25,31,33H,13-14,16H2,1H3,(H,30,36). The van der Waals surface area contributed by atoms with Crippen molar-refractivity contribution in [1.82, 2.24) is 10.2 Å². The van der Waals surface area contributed by atoms with Gasteiger partial charge in [-0.05, 0) is 49.1 Å². The van der Waals surface area contributed by atoms with Crippen LogP contribution in [0.4, 0.5) is 5.69 Å². The zero-order chi connectivity index (χ0) is 25.0. The number of phenolic OH excluding ortho intramolecular Hbond substituents is 1. The highest BCUT2D eigenvalue weighted by molar-refractivity contribution is 6.15. The summed E-state index contributed by atoms with van der Waals surface area (Å²) >= 11 is 0. The van der Waals surface area contributed by atoms with Crippen molar-refractivity contribution in [2.75, 3.05) is 11.9 Å². The van der Waals surface area contributed by atoms with Crippen LogP contribution in [0.2, 0.25) is 0 Å². The maximum Gasteiger partial charge on any atom is 0.250 e. The lowest BCUT2D eigenvalue weighted by Gasteiger charge is -2.29. The monoisotopic (exact) mass is 481 g/mol. The lowest BCUT2D eigenvalue weighted by atomic mass is 9.76. The summed E-state index contributed by atoms with van der Waals surface area (Å²) in [6.45, 7) is 2.23. The number of benzene rings is 3. The van der Waals surface area contributed by atoms with Gasteiger partial charge in [0.2, 0.25) is 17.7 Å². The van der Waals surface area contributed by atoms with Gasteiger partial charge < -0.3 is 10.4 Å². The first-order valence-electron chi connectivity index (χ1n) is 12.3. The van der Waals surface area contributed by atoms with Crippen molar-refractivity contribution < 1.29 is 19.5 Å². The van der Waals surface area contributed by atoms with E-state index in [1.165, 1.54) is 4.90 Å². The molecule has 36 heavy (non-hydrogen) atoms. The van der Waals surface area contributed by atoms with Gasteiger partial charge in [-0.2, -0.15) is 0 Å². The molecule has 3 amide bonds. The molecule has 1 spiro atoms. The summed E-state index contributed by atoms with van der Waals surface area (Å²) in [5.74, 6) is -2.16. The van der Waals surface area contributed by atoms with Gasteiger partial charge >= 0.3 is 0 Å². The summed E-state index contributed by atoms with van der Waals surface area (Å²) < 4.78 is 0. The molecule has 0 bridgehead atoms. The van der Waals surface area contributed by atoms with E-state index in [0.29, 0.717) is 18.5 Å². The average molecular weight is 482 g/mol. The van der Waals surface area contributed by atoms with Gasteiger partial charge in [0.1, 0.15) is 11.3 Å². The van der Waals surface area contributed by atoms with Crippen molar-refractivity contribution in [2.45, 2.75) is 31.3 Å². The number of imide groups is 1. The van der Waals surface area contributed by atoms with E-state index in [2.05, 4.69) is 10.6 Å². The smallest absolute Gasteiger partial charge is 0.250 e. The van der Waals surface area contributed by atoms with Crippen molar-refractivity contribution in [3.8, 4) is 5.75 Å². The SMILES string of the molecule is Cc1ccc2c(c1)C1(NC(Cc3ccc(O)cc3)C3C(=O)N(CCc4ccccc4)C(=O)C31)C(=O)N2. The Hall–Kier alpha value is -3.97. The number of amides is 3. The first-order chi connectivity index (χ1) is 17.4. The van der Waals surface area contributed by atoms with Gasteiger partial charge in [-0.15, -0.1) is 0 Å². The molecular formula is C29H27N3O4. The summed E-state index contributed by atoms with van der Waals surface area (Å²) in [4.78, 5) is 42.7. The molecule has 3 aromatic rings. The van der Waals surface area contributed by atoms with E-state index in [0.717, 1.165) is 22.3 Å². The molecule has 0 radical (unpaired) electrons. The number of aromatic hydroxyl groups is 1. The van der Waals surface area contributed by atoms with E-state index in [1.807, 2.05) is 55.5 Å². The second kappa shape index (κ2) is 8.31. The predicted octanol–water partition coefficient (Wildman–Crippen LogP) is 2.91. The topological polar surface area (TPSA) is 98.7 Å².